The van der Waals surface area contributed by atoms with Gasteiger partial charge in [-0.3, -0.25) is 4.90 Å². The Labute approximate surface area is 128 Å². The number of aromatic nitrogens is 1. The number of rotatable bonds is 4. The van der Waals surface area contributed by atoms with Crippen LogP contribution in [0.4, 0.5) is 5.82 Å². The molecule has 0 aromatic carbocycles. The Bertz CT molecular complexity index is 458. The van der Waals surface area contributed by atoms with Crippen LogP contribution in [0, 0.1) is 0 Å². The molecule has 3 unspecified atom stereocenters. The zero-order valence-electron chi connectivity index (χ0n) is 13.3. The van der Waals surface area contributed by atoms with Crippen molar-refractivity contribution in [3.63, 3.8) is 0 Å². The quantitative estimate of drug-likeness (QED) is 0.921. The first kappa shape index (κ1) is 14.8. The van der Waals surface area contributed by atoms with Gasteiger partial charge in [-0.25, -0.2) is 4.98 Å². The Morgan fingerprint density at radius 1 is 1.38 bits per heavy atom. The zero-order chi connectivity index (χ0) is 14.8. The fraction of sp³-hybridized carbons (Fsp3) is 0.706. The molecule has 0 spiro atoms. The molecule has 0 radical (unpaired) electrons. The Hall–Kier alpha value is -1.13. The van der Waals surface area contributed by atoms with E-state index in [-0.39, 0.29) is 6.04 Å². The van der Waals surface area contributed by atoms with Crippen LogP contribution in [0.3, 0.4) is 0 Å². The molecule has 1 aromatic rings. The van der Waals surface area contributed by atoms with Crippen molar-refractivity contribution in [1.82, 2.24) is 9.88 Å². The van der Waals surface area contributed by atoms with Crippen LogP contribution in [0.2, 0.25) is 0 Å². The van der Waals surface area contributed by atoms with E-state index in [0.29, 0.717) is 6.04 Å². The highest BCUT2D eigenvalue weighted by atomic mass is 15.3. The molecule has 21 heavy (non-hydrogen) atoms. The van der Waals surface area contributed by atoms with Gasteiger partial charge >= 0.3 is 0 Å². The van der Waals surface area contributed by atoms with Gasteiger partial charge in [0.1, 0.15) is 5.82 Å². The first-order valence-electron chi connectivity index (χ1n) is 8.38. The summed E-state index contributed by atoms with van der Waals surface area (Å²) in [6, 6.07) is 5.91. The van der Waals surface area contributed by atoms with Crippen LogP contribution in [0.25, 0.3) is 0 Å². The van der Waals surface area contributed by atoms with Crippen molar-refractivity contribution in [3.8, 4) is 0 Å². The summed E-state index contributed by atoms with van der Waals surface area (Å²) < 4.78 is 0. The topological polar surface area (TPSA) is 45.4 Å². The van der Waals surface area contributed by atoms with Gasteiger partial charge in [-0.2, -0.15) is 0 Å². The third-order valence-electron chi connectivity index (χ3n) is 5.06. The maximum Gasteiger partial charge on any atom is 0.128 e. The SMILES string of the molecule is CCC(N)Cc1ccc(N2CC3CCCN3CC2C)nc1. The lowest BCUT2D eigenvalue weighted by Crippen LogP contribution is -2.55. The van der Waals surface area contributed by atoms with Crippen LogP contribution in [-0.4, -0.2) is 47.6 Å². The van der Waals surface area contributed by atoms with Gasteiger partial charge < -0.3 is 10.6 Å². The van der Waals surface area contributed by atoms with Gasteiger partial charge in [-0.1, -0.05) is 13.0 Å². The Kier molecular flexibility index (Phi) is 4.45. The van der Waals surface area contributed by atoms with Crippen LogP contribution in [0.15, 0.2) is 18.3 Å². The van der Waals surface area contributed by atoms with Gasteiger partial charge in [0.25, 0.3) is 0 Å². The van der Waals surface area contributed by atoms with Crippen molar-refractivity contribution in [2.75, 3.05) is 24.5 Å². The van der Waals surface area contributed by atoms with Crippen LogP contribution in [0.5, 0.6) is 0 Å². The summed E-state index contributed by atoms with van der Waals surface area (Å²) in [6.07, 6.45) is 6.65. The van der Waals surface area contributed by atoms with Crippen molar-refractivity contribution < 1.29 is 0 Å². The van der Waals surface area contributed by atoms with E-state index in [9.17, 15) is 0 Å². The summed E-state index contributed by atoms with van der Waals surface area (Å²) >= 11 is 0. The van der Waals surface area contributed by atoms with E-state index in [1.54, 1.807) is 0 Å². The molecule has 2 N–H and O–H groups in total. The van der Waals surface area contributed by atoms with Crippen LogP contribution in [-0.2, 0) is 6.42 Å². The summed E-state index contributed by atoms with van der Waals surface area (Å²) in [5.74, 6) is 1.13. The molecular weight excluding hydrogens is 260 g/mol. The minimum absolute atomic E-state index is 0.249. The molecule has 0 aliphatic carbocycles. The summed E-state index contributed by atoms with van der Waals surface area (Å²) in [5.41, 5.74) is 7.27. The molecule has 0 saturated carbocycles. The highest BCUT2D eigenvalue weighted by Gasteiger charge is 2.34. The van der Waals surface area contributed by atoms with E-state index in [2.05, 4.69) is 35.8 Å². The van der Waals surface area contributed by atoms with Crippen molar-refractivity contribution in [1.29, 1.82) is 0 Å². The van der Waals surface area contributed by atoms with Gasteiger partial charge in [-0.15, -0.1) is 0 Å². The second-order valence-corrected chi connectivity index (χ2v) is 6.69. The van der Waals surface area contributed by atoms with E-state index in [0.717, 1.165) is 31.2 Å². The normalized spacial score (nSPS) is 27.7. The Morgan fingerprint density at radius 2 is 2.24 bits per heavy atom. The predicted molar refractivity (Wildman–Crippen MR) is 87.6 cm³/mol. The fourth-order valence-corrected chi connectivity index (χ4v) is 3.66. The van der Waals surface area contributed by atoms with Crippen molar-refractivity contribution >= 4 is 5.82 Å². The number of hydrogen-bond acceptors (Lipinski definition) is 4. The lowest BCUT2D eigenvalue weighted by molar-refractivity contribution is 0.202. The highest BCUT2D eigenvalue weighted by Crippen LogP contribution is 2.27. The van der Waals surface area contributed by atoms with Crippen molar-refractivity contribution in [2.24, 2.45) is 5.73 Å². The number of piperazine rings is 1. The summed E-state index contributed by atoms with van der Waals surface area (Å²) in [6.45, 7) is 8.03. The molecule has 1 aromatic heterocycles. The van der Waals surface area contributed by atoms with Crippen molar-refractivity contribution in [3.05, 3.63) is 23.9 Å². The van der Waals surface area contributed by atoms with Gasteiger partial charge in [-0.05, 0) is 50.8 Å². The van der Waals surface area contributed by atoms with E-state index in [1.165, 1.54) is 31.5 Å². The first-order chi connectivity index (χ1) is 10.2. The van der Waals surface area contributed by atoms with Crippen LogP contribution >= 0.6 is 0 Å². The molecule has 2 saturated heterocycles. The lowest BCUT2D eigenvalue weighted by atomic mass is 10.1. The maximum atomic E-state index is 6.02. The molecule has 116 valence electrons. The second kappa shape index (κ2) is 6.32. The maximum absolute atomic E-state index is 6.02. The van der Waals surface area contributed by atoms with Gasteiger partial charge in [0.05, 0.1) is 0 Å². The Balaban J connectivity index is 1.68. The monoisotopic (exact) mass is 288 g/mol. The average Bonchev–Trinajstić information content (AvgIpc) is 2.94. The molecule has 2 aliphatic heterocycles. The standard InChI is InChI=1S/C17H28N4/c1-3-15(18)9-14-6-7-17(19-10-14)21-12-16-5-4-8-20(16)11-13(21)2/h6-7,10,13,15-16H,3-5,8-9,11-12,18H2,1-2H3. The number of hydrogen-bond donors (Lipinski definition) is 1. The molecule has 4 nitrogen and oxygen atoms in total. The molecule has 3 heterocycles. The number of nitrogens with zero attached hydrogens (tertiary/aromatic N) is 3. The fourth-order valence-electron chi connectivity index (χ4n) is 3.66. The number of fused-ring (bicyclic) bond motifs is 1. The van der Waals surface area contributed by atoms with Crippen molar-refractivity contribution in [2.45, 2.75) is 57.7 Å². The predicted octanol–water partition coefficient (Wildman–Crippen LogP) is 2.03. The van der Waals surface area contributed by atoms with Crippen LogP contribution in [0.1, 0.15) is 38.7 Å². The van der Waals surface area contributed by atoms with Gasteiger partial charge in [0, 0.05) is 37.4 Å². The molecule has 3 atom stereocenters. The van der Waals surface area contributed by atoms with Gasteiger partial charge in [0.2, 0.25) is 0 Å². The summed E-state index contributed by atoms with van der Waals surface area (Å²) in [5, 5.41) is 0. The minimum atomic E-state index is 0.249. The third-order valence-corrected chi connectivity index (χ3v) is 5.06. The average molecular weight is 288 g/mol. The smallest absolute Gasteiger partial charge is 0.128 e. The molecule has 0 bridgehead atoms. The lowest BCUT2D eigenvalue weighted by Gasteiger charge is -2.43. The van der Waals surface area contributed by atoms with E-state index in [1.807, 2.05) is 6.20 Å². The van der Waals surface area contributed by atoms with E-state index in [4.69, 9.17) is 10.7 Å². The first-order valence-corrected chi connectivity index (χ1v) is 8.38. The minimum Gasteiger partial charge on any atom is -0.351 e. The van der Waals surface area contributed by atoms with E-state index < -0.39 is 0 Å². The van der Waals surface area contributed by atoms with Crippen LogP contribution < -0.4 is 10.6 Å². The third kappa shape index (κ3) is 3.22. The molecule has 0 amide bonds. The molecule has 2 fully saturated rings. The highest BCUT2D eigenvalue weighted by molar-refractivity contribution is 5.42. The second-order valence-electron chi connectivity index (χ2n) is 6.69. The Morgan fingerprint density at radius 3 is 2.95 bits per heavy atom. The number of pyridine rings is 1. The molecule has 4 heteroatoms. The largest absolute Gasteiger partial charge is 0.351 e. The van der Waals surface area contributed by atoms with Gasteiger partial charge in [0.15, 0.2) is 0 Å². The van der Waals surface area contributed by atoms with E-state index >= 15 is 0 Å². The zero-order valence-corrected chi connectivity index (χ0v) is 13.3. The molecule has 2 aliphatic rings. The molecule has 3 rings (SSSR count). The summed E-state index contributed by atoms with van der Waals surface area (Å²) in [4.78, 5) is 9.84. The molecular formula is C17H28N4. The number of anilines is 1. The number of nitrogens with two attached hydrogens (primary N) is 1. The summed E-state index contributed by atoms with van der Waals surface area (Å²) in [7, 11) is 0.